The number of sulfonamides is 1. The summed E-state index contributed by atoms with van der Waals surface area (Å²) in [6.45, 7) is 1.26. The van der Waals surface area contributed by atoms with Crippen LogP contribution in [0.3, 0.4) is 0 Å². The second-order valence-corrected chi connectivity index (χ2v) is 9.34. The van der Waals surface area contributed by atoms with Gasteiger partial charge in [0.05, 0.1) is 21.0 Å². The molecule has 21 heavy (non-hydrogen) atoms. The number of nitrogens with one attached hydrogen (secondary N) is 1. The van der Waals surface area contributed by atoms with Crippen LogP contribution in [0.25, 0.3) is 0 Å². The largest absolute Gasteiger partial charge is 0.394 e. The molecule has 1 heterocycles. The summed E-state index contributed by atoms with van der Waals surface area (Å²) in [7, 11) is -3.79. The minimum atomic E-state index is -3.79. The summed E-state index contributed by atoms with van der Waals surface area (Å²) in [5.41, 5.74) is -0.430. The first-order chi connectivity index (χ1) is 9.78. The van der Waals surface area contributed by atoms with Gasteiger partial charge in [-0.15, -0.1) is 11.3 Å². The van der Waals surface area contributed by atoms with Crippen LogP contribution >= 0.6 is 38.9 Å². The lowest BCUT2D eigenvalue weighted by Gasteiger charge is -2.28. The van der Waals surface area contributed by atoms with E-state index in [1.807, 2.05) is 6.07 Å². The maximum absolute atomic E-state index is 12.5. The van der Waals surface area contributed by atoms with Gasteiger partial charge in [-0.25, -0.2) is 8.42 Å². The van der Waals surface area contributed by atoms with Crippen LogP contribution in [0.1, 0.15) is 12.5 Å². The number of aliphatic hydroxyl groups excluding tert-OH is 1. The average Bonchev–Trinajstić information content (AvgIpc) is 2.80. The van der Waals surface area contributed by atoms with Gasteiger partial charge in [0.1, 0.15) is 4.21 Å². The maximum atomic E-state index is 12.5. The van der Waals surface area contributed by atoms with Crippen LogP contribution in [0, 0.1) is 0 Å². The van der Waals surface area contributed by atoms with Gasteiger partial charge >= 0.3 is 0 Å². The van der Waals surface area contributed by atoms with Gasteiger partial charge in [-0.2, -0.15) is 4.72 Å². The molecule has 0 aliphatic carbocycles. The minimum Gasteiger partial charge on any atom is -0.394 e. The molecule has 0 spiro atoms. The molecule has 1 aromatic heterocycles. The molecule has 0 bridgehead atoms. The third-order valence-corrected chi connectivity index (χ3v) is 7.52. The average molecular weight is 411 g/mol. The molecule has 0 saturated heterocycles. The monoisotopic (exact) mass is 409 g/mol. The van der Waals surface area contributed by atoms with Crippen LogP contribution in [-0.4, -0.2) is 20.1 Å². The van der Waals surface area contributed by atoms with Crippen molar-refractivity contribution in [2.45, 2.75) is 16.7 Å². The Morgan fingerprint density at radius 1 is 1.38 bits per heavy atom. The molecule has 1 atom stereocenters. The maximum Gasteiger partial charge on any atom is 0.251 e. The van der Waals surface area contributed by atoms with Gasteiger partial charge in [-0.05, 0) is 34.5 Å². The first-order valence-electron chi connectivity index (χ1n) is 5.94. The Hall–Kier alpha value is -0.440. The SMILES string of the molecule is CC(CO)(NS(=O)(=O)c1cc(Cl)c(Br)s1)c1ccccc1. The quantitative estimate of drug-likeness (QED) is 0.794. The second kappa shape index (κ2) is 6.36. The number of aliphatic hydroxyl groups is 1. The molecule has 0 aliphatic heterocycles. The van der Waals surface area contributed by atoms with Crippen LogP contribution in [0.15, 0.2) is 44.4 Å². The summed E-state index contributed by atoms with van der Waals surface area (Å²) in [5.74, 6) is 0. The van der Waals surface area contributed by atoms with Crippen LogP contribution in [0.2, 0.25) is 5.02 Å². The highest BCUT2D eigenvalue weighted by Crippen LogP contribution is 2.35. The molecular weight excluding hydrogens is 398 g/mol. The summed E-state index contributed by atoms with van der Waals surface area (Å²) < 4.78 is 28.1. The molecule has 0 saturated carbocycles. The molecule has 4 nitrogen and oxygen atoms in total. The summed E-state index contributed by atoms with van der Waals surface area (Å²) in [6.07, 6.45) is 0. The molecule has 2 rings (SSSR count). The fourth-order valence-corrected chi connectivity index (χ4v) is 5.58. The summed E-state index contributed by atoms with van der Waals surface area (Å²) in [5, 5.41) is 9.99. The van der Waals surface area contributed by atoms with Crippen molar-refractivity contribution in [2.24, 2.45) is 0 Å². The smallest absolute Gasteiger partial charge is 0.251 e. The topological polar surface area (TPSA) is 66.4 Å². The van der Waals surface area contributed by atoms with Crippen molar-refractivity contribution in [3.05, 3.63) is 50.8 Å². The lowest BCUT2D eigenvalue weighted by molar-refractivity contribution is 0.196. The molecule has 0 radical (unpaired) electrons. The minimum absolute atomic E-state index is 0.0926. The summed E-state index contributed by atoms with van der Waals surface area (Å²) in [6, 6.07) is 10.3. The molecular formula is C13H13BrClNO3S2. The van der Waals surface area contributed by atoms with Gasteiger partial charge in [0.2, 0.25) is 0 Å². The first kappa shape index (κ1) is 16.9. The number of halogens is 2. The van der Waals surface area contributed by atoms with Gasteiger partial charge in [-0.3, -0.25) is 0 Å². The molecule has 8 heteroatoms. The molecule has 0 amide bonds. The number of hydrogen-bond donors (Lipinski definition) is 2. The standard InChI is InChI=1S/C13H13BrClNO3S2/c1-13(8-17,9-5-3-2-4-6-9)16-21(18,19)11-7-10(15)12(14)20-11/h2-7,16-17H,8H2,1H3. The molecule has 0 fully saturated rings. The molecule has 0 aliphatic rings. The molecule has 1 aromatic carbocycles. The van der Waals surface area contributed by atoms with E-state index in [2.05, 4.69) is 20.7 Å². The Morgan fingerprint density at radius 2 is 2.00 bits per heavy atom. The Kier molecular flexibility index (Phi) is 5.12. The van der Waals surface area contributed by atoms with Crippen LogP contribution in [0.4, 0.5) is 0 Å². The van der Waals surface area contributed by atoms with Crippen molar-refractivity contribution in [2.75, 3.05) is 6.61 Å². The van der Waals surface area contributed by atoms with Gasteiger partial charge in [0.25, 0.3) is 10.0 Å². The number of thiophene rings is 1. The van der Waals surface area contributed by atoms with E-state index < -0.39 is 15.6 Å². The van der Waals surface area contributed by atoms with E-state index >= 15 is 0 Å². The zero-order valence-corrected chi connectivity index (χ0v) is 15.0. The van der Waals surface area contributed by atoms with E-state index in [4.69, 9.17) is 11.6 Å². The molecule has 114 valence electrons. The van der Waals surface area contributed by atoms with Crippen LogP contribution < -0.4 is 4.72 Å². The Morgan fingerprint density at radius 3 is 2.48 bits per heavy atom. The first-order valence-corrected chi connectivity index (χ1v) is 9.41. The van der Waals surface area contributed by atoms with Gasteiger partial charge in [0, 0.05) is 0 Å². The summed E-state index contributed by atoms with van der Waals surface area (Å²) in [4.78, 5) is 0. The Balaban J connectivity index is 2.38. The lowest BCUT2D eigenvalue weighted by Crippen LogP contribution is -2.46. The van der Waals surface area contributed by atoms with E-state index in [0.717, 1.165) is 11.3 Å². The third kappa shape index (κ3) is 3.67. The van der Waals surface area contributed by atoms with Crippen molar-refractivity contribution >= 4 is 48.9 Å². The zero-order valence-electron chi connectivity index (χ0n) is 11.0. The molecule has 1 unspecified atom stereocenters. The van der Waals surface area contributed by atoms with Gasteiger partial charge in [-0.1, -0.05) is 41.9 Å². The van der Waals surface area contributed by atoms with E-state index in [1.54, 1.807) is 31.2 Å². The third-order valence-electron chi connectivity index (χ3n) is 2.97. The fraction of sp³-hybridized carbons (Fsp3) is 0.231. The zero-order chi connectivity index (χ0) is 15.7. The molecule has 2 N–H and O–H groups in total. The lowest BCUT2D eigenvalue weighted by atomic mass is 9.94. The molecule has 2 aromatic rings. The highest BCUT2D eigenvalue weighted by molar-refractivity contribution is 9.11. The fourth-order valence-electron chi connectivity index (χ4n) is 1.79. The number of benzene rings is 1. The predicted molar refractivity (Wildman–Crippen MR) is 88.2 cm³/mol. The highest BCUT2D eigenvalue weighted by atomic mass is 79.9. The van der Waals surface area contributed by atoms with E-state index in [0.29, 0.717) is 14.4 Å². The Bertz CT molecular complexity index is 714. The van der Waals surface area contributed by atoms with E-state index in [-0.39, 0.29) is 10.8 Å². The normalized spacial score (nSPS) is 14.9. The Labute approximate surface area is 140 Å². The van der Waals surface area contributed by atoms with Crippen LogP contribution in [-0.2, 0) is 15.6 Å². The van der Waals surface area contributed by atoms with E-state index in [1.165, 1.54) is 6.07 Å². The van der Waals surface area contributed by atoms with Crippen molar-refractivity contribution < 1.29 is 13.5 Å². The van der Waals surface area contributed by atoms with Gasteiger partial charge in [0.15, 0.2) is 0 Å². The van der Waals surface area contributed by atoms with Crippen LogP contribution in [0.5, 0.6) is 0 Å². The highest BCUT2D eigenvalue weighted by Gasteiger charge is 2.33. The van der Waals surface area contributed by atoms with Crippen molar-refractivity contribution in [3.63, 3.8) is 0 Å². The van der Waals surface area contributed by atoms with E-state index in [9.17, 15) is 13.5 Å². The van der Waals surface area contributed by atoms with Crippen molar-refractivity contribution in [1.29, 1.82) is 0 Å². The van der Waals surface area contributed by atoms with Crippen molar-refractivity contribution in [3.8, 4) is 0 Å². The van der Waals surface area contributed by atoms with Crippen molar-refractivity contribution in [1.82, 2.24) is 4.72 Å². The summed E-state index contributed by atoms with van der Waals surface area (Å²) >= 11 is 10.1. The second-order valence-electron chi connectivity index (χ2n) is 4.65. The predicted octanol–water partition coefficient (Wildman–Crippen LogP) is 3.35. The van der Waals surface area contributed by atoms with Gasteiger partial charge < -0.3 is 5.11 Å². The number of rotatable bonds is 5. The number of hydrogen-bond acceptors (Lipinski definition) is 4.